The first-order chi connectivity index (χ1) is 9.58. The molecule has 1 aliphatic rings. The second-order valence-electron chi connectivity index (χ2n) is 6.31. The van der Waals surface area contributed by atoms with Crippen molar-refractivity contribution in [3.63, 3.8) is 0 Å². The molecule has 0 spiro atoms. The summed E-state index contributed by atoms with van der Waals surface area (Å²) in [5.74, 6) is 2.57. The molecule has 2 nitrogen and oxygen atoms in total. The van der Waals surface area contributed by atoms with Crippen molar-refractivity contribution in [1.82, 2.24) is 5.32 Å². The molecule has 0 heterocycles. The number of benzene rings is 1. The summed E-state index contributed by atoms with van der Waals surface area (Å²) in [6, 6.07) is 4.88. The van der Waals surface area contributed by atoms with Gasteiger partial charge >= 0.3 is 0 Å². The number of methoxy groups -OCH3 is 1. The fourth-order valence-corrected chi connectivity index (χ4v) is 3.86. The van der Waals surface area contributed by atoms with E-state index >= 15 is 0 Å². The zero-order chi connectivity index (χ0) is 14.7. The van der Waals surface area contributed by atoms with E-state index in [9.17, 15) is 0 Å². The van der Waals surface area contributed by atoms with E-state index in [-0.39, 0.29) is 0 Å². The second kappa shape index (κ2) is 6.62. The van der Waals surface area contributed by atoms with Crippen LogP contribution < -0.4 is 10.1 Å². The molecular formula is C18H29NO. The highest BCUT2D eigenvalue weighted by Gasteiger charge is 2.33. The Balaban J connectivity index is 2.43. The minimum Gasteiger partial charge on any atom is -0.496 e. The number of aryl methyl sites for hydroxylation is 2. The van der Waals surface area contributed by atoms with Gasteiger partial charge in [-0.25, -0.2) is 0 Å². The number of hydrogen-bond donors (Lipinski definition) is 1. The lowest BCUT2D eigenvalue weighted by atomic mass is 9.83. The molecular weight excluding hydrogens is 246 g/mol. The zero-order valence-corrected chi connectivity index (χ0v) is 13.6. The molecule has 0 aliphatic heterocycles. The van der Waals surface area contributed by atoms with Crippen LogP contribution in [0.4, 0.5) is 0 Å². The predicted molar refractivity (Wildman–Crippen MR) is 85.4 cm³/mol. The van der Waals surface area contributed by atoms with Gasteiger partial charge in [0.05, 0.1) is 7.11 Å². The van der Waals surface area contributed by atoms with Crippen molar-refractivity contribution in [2.45, 2.75) is 53.0 Å². The van der Waals surface area contributed by atoms with Gasteiger partial charge in [-0.1, -0.05) is 32.8 Å². The molecule has 1 saturated carbocycles. The quantitative estimate of drug-likeness (QED) is 0.860. The first kappa shape index (κ1) is 15.4. The summed E-state index contributed by atoms with van der Waals surface area (Å²) in [7, 11) is 1.79. The monoisotopic (exact) mass is 275 g/mol. The number of ether oxygens (including phenoxy) is 1. The molecule has 3 atom stereocenters. The summed E-state index contributed by atoms with van der Waals surface area (Å²) in [6.45, 7) is 9.96. The topological polar surface area (TPSA) is 21.3 Å². The average molecular weight is 275 g/mol. The second-order valence-corrected chi connectivity index (χ2v) is 6.31. The van der Waals surface area contributed by atoms with Gasteiger partial charge < -0.3 is 10.1 Å². The molecule has 0 saturated heterocycles. The van der Waals surface area contributed by atoms with Crippen LogP contribution in [0.3, 0.4) is 0 Å². The average Bonchev–Trinajstić information content (AvgIpc) is 2.82. The Morgan fingerprint density at radius 1 is 1.30 bits per heavy atom. The van der Waals surface area contributed by atoms with Crippen LogP contribution in [0.2, 0.25) is 0 Å². The summed E-state index contributed by atoms with van der Waals surface area (Å²) in [5.41, 5.74) is 4.00. The van der Waals surface area contributed by atoms with Crippen LogP contribution >= 0.6 is 0 Å². The maximum absolute atomic E-state index is 5.69. The summed E-state index contributed by atoms with van der Waals surface area (Å²) in [4.78, 5) is 0. The van der Waals surface area contributed by atoms with Gasteiger partial charge in [-0.2, -0.15) is 0 Å². The first-order valence-corrected chi connectivity index (χ1v) is 7.97. The van der Waals surface area contributed by atoms with Crippen LogP contribution in [0.15, 0.2) is 12.1 Å². The van der Waals surface area contributed by atoms with Crippen molar-refractivity contribution in [1.29, 1.82) is 0 Å². The Morgan fingerprint density at radius 3 is 2.60 bits per heavy atom. The van der Waals surface area contributed by atoms with E-state index in [0.29, 0.717) is 6.04 Å². The molecule has 2 rings (SSSR count). The minimum atomic E-state index is 0.424. The summed E-state index contributed by atoms with van der Waals surface area (Å²) in [5, 5.41) is 3.73. The summed E-state index contributed by atoms with van der Waals surface area (Å²) < 4.78 is 5.69. The third kappa shape index (κ3) is 3.01. The van der Waals surface area contributed by atoms with Gasteiger partial charge in [0.1, 0.15) is 5.75 Å². The summed E-state index contributed by atoms with van der Waals surface area (Å²) >= 11 is 0. The van der Waals surface area contributed by atoms with Crippen molar-refractivity contribution >= 4 is 0 Å². The van der Waals surface area contributed by atoms with Crippen LogP contribution in [-0.2, 0) is 0 Å². The van der Waals surface area contributed by atoms with Gasteiger partial charge in [-0.05, 0) is 55.8 Å². The largest absolute Gasteiger partial charge is 0.496 e. The van der Waals surface area contributed by atoms with Gasteiger partial charge in [0.15, 0.2) is 0 Å². The number of hydrogen-bond acceptors (Lipinski definition) is 2. The molecule has 0 aromatic heterocycles. The van der Waals surface area contributed by atoms with Crippen molar-refractivity contribution < 1.29 is 4.74 Å². The Labute approximate surface area is 123 Å². The molecule has 1 aromatic rings. The molecule has 3 unspecified atom stereocenters. The summed E-state index contributed by atoms with van der Waals surface area (Å²) in [6.07, 6.45) is 4.05. The zero-order valence-electron chi connectivity index (χ0n) is 13.6. The third-order valence-electron chi connectivity index (χ3n) is 4.80. The lowest BCUT2D eigenvalue weighted by Crippen LogP contribution is -2.30. The Kier molecular flexibility index (Phi) is 5.09. The molecule has 20 heavy (non-hydrogen) atoms. The Bertz CT molecular complexity index is 455. The van der Waals surface area contributed by atoms with E-state index < -0.39 is 0 Å². The van der Waals surface area contributed by atoms with Gasteiger partial charge in [0, 0.05) is 11.6 Å². The van der Waals surface area contributed by atoms with Crippen molar-refractivity contribution in [2.24, 2.45) is 11.8 Å². The van der Waals surface area contributed by atoms with Crippen molar-refractivity contribution in [2.75, 3.05) is 13.7 Å². The van der Waals surface area contributed by atoms with Crippen LogP contribution in [0.5, 0.6) is 5.75 Å². The molecule has 1 aromatic carbocycles. The van der Waals surface area contributed by atoms with Crippen LogP contribution in [0, 0.1) is 25.7 Å². The van der Waals surface area contributed by atoms with Crippen LogP contribution in [0.25, 0.3) is 0 Å². The highest BCUT2D eigenvalue weighted by atomic mass is 16.5. The van der Waals surface area contributed by atoms with E-state index in [4.69, 9.17) is 4.74 Å². The first-order valence-electron chi connectivity index (χ1n) is 7.97. The molecule has 0 bridgehead atoms. The van der Waals surface area contributed by atoms with Crippen molar-refractivity contribution in [3.8, 4) is 5.75 Å². The standard InChI is InChI=1S/C18H29NO/c1-6-19-18(15-9-7-8-13(15)3)17-14(4)10-12(2)11-16(17)20-5/h10-11,13,15,18-19H,6-9H2,1-5H3. The molecule has 0 amide bonds. The molecule has 1 N–H and O–H groups in total. The van der Waals surface area contributed by atoms with Gasteiger partial charge in [0.2, 0.25) is 0 Å². The smallest absolute Gasteiger partial charge is 0.124 e. The molecule has 1 fully saturated rings. The number of rotatable bonds is 5. The van der Waals surface area contributed by atoms with Gasteiger partial charge in [0.25, 0.3) is 0 Å². The highest BCUT2D eigenvalue weighted by Crippen LogP contribution is 2.43. The lowest BCUT2D eigenvalue weighted by Gasteiger charge is -2.31. The lowest BCUT2D eigenvalue weighted by molar-refractivity contribution is 0.295. The van der Waals surface area contributed by atoms with E-state index in [1.54, 1.807) is 7.11 Å². The van der Waals surface area contributed by atoms with Crippen LogP contribution in [0.1, 0.15) is 55.8 Å². The maximum Gasteiger partial charge on any atom is 0.124 e. The fourth-order valence-electron chi connectivity index (χ4n) is 3.86. The Hall–Kier alpha value is -1.02. The normalized spacial score (nSPS) is 23.9. The van der Waals surface area contributed by atoms with Gasteiger partial charge in [-0.15, -0.1) is 0 Å². The maximum atomic E-state index is 5.69. The van der Waals surface area contributed by atoms with Gasteiger partial charge in [-0.3, -0.25) is 0 Å². The van der Waals surface area contributed by atoms with Crippen LogP contribution in [-0.4, -0.2) is 13.7 Å². The SMILES string of the molecule is CCNC(c1c(C)cc(C)cc1OC)C1CCCC1C. The van der Waals surface area contributed by atoms with Crippen molar-refractivity contribution in [3.05, 3.63) is 28.8 Å². The molecule has 1 aliphatic carbocycles. The van der Waals surface area contributed by atoms with E-state index in [1.165, 1.54) is 36.0 Å². The fraction of sp³-hybridized carbons (Fsp3) is 0.667. The molecule has 2 heteroatoms. The van der Waals surface area contributed by atoms with E-state index in [0.717, 1.165) is 24.1 Å². The Morgan fingerprint density at radius 2 is 2.05 bits per heavy atom. The number of nitrogens with one attached hydrogen (secondary N) is 1. The van der Waals surface area contributed by atoms with E-state index in [1.807, 2.05) is 0 Å². The minimum absolute atomic E-state index is 0.424. The molecule has 0 radical (unpaired) electrons. The highest BCUT2D eigenvalue weighted by molar-refractivity contribution is 5.45. The predicted octanol–water partition coefficient (Wildman–Crippen LogP) is 4.40. The third-order valence-corrected chi connectivity index (χ3v) is 4.80. The van der Waals surface area contributed by atoms with E-state index in [2.05, 4.69) is 45.1 Å². The molecule has 112 valence electrons.